The van der Waals surface area contributed by atoms with Crippen LogP contribution in [0.3, 0.4) is 0 Å². The van der Waals surface area contributed by atoms with Gasteiger partial charge < -0.3 is 20.3 Å². The van der Waals surface area contributed by atoms with Crippen molar-refractivity contribution in [3.8, 4) is 5.75 Å². The van der Waals surface area contributed by atoms with Crippen molar-refractivity contribution in [1.82, 2.24) is 15.3 Å². The minimum Gasteiger partial charge on any atom is -0.497 e. The van der Waals surface area contributed by atoms with E-state index in [4.69, 9.17) is 14.7 Å². The Hall–Kier alpha value is -3.38. The number of fused-ring (bicyclic) bond motifs is 2. The lowest BCUT2D eigenvalue weighted by Crippen LogP contribution is -2.37. The topological polar surface area (TPSA) is 62.3 Å². The van der Waals surface area contributed by atoms with E-state index >= 15 is 0 Å². The molecule has 0 unspecified atom stereocenters. The van der Waals surface area contributed by atoms with E-state index in [1.807, 2.05) is 32.3 Å². The Bertz CT molecular complexity index is 1280. The van der Waals surface area contributed by atoms with Gasteiger partial charge in [0.25, 0.3) is 0 Å². The highest BCUT2D eigenvalue weighted by atomic mass is 16.5. The molecule has 1 heterocycles. The van der Waals surface area contributed by atoms with Crippen LogP contribution in [0.15, 0.2) is 60.7 Å². The van der Waals surface area contributed by atoms with Crippen molar-refractivity contribution in [2.45, 2.75) is 44.3 Å². The van der Waals surface area contributed by atoms with Gasteiger partial charge in [-0.2, -0.15) is 4.98 Å². The summed E-state index contributed by atoms with van der Waals surface area (Å²) in [4.78, 5) is 11.6. The first-order valence-electron chi connectivity index (χ1n) is 12.1. The van der Waals surface area contributed by atoms with Crippen LogP contribution < -0.4 is 20.3 Å². The summed E-state index contributed by atoms with van der Waals surface area (Å²) in [7, 11) is 5.77. The summed E-state index contributed by atoms with van der Waals surface area (Å²) >= 11 is 0. The number of nitrogens with zero attached hydrogens (tertiary/aromatic N) is 3. The fraction of sp³-hybridized carbons (Fsp3) is 0.357. The van der Waals surface area contributed by atoms with Crippen LogP contribution in [0.4, 0.5) is 11.8 Å². The third-order valence-corrected chi connectivity index (χ3v) is 6.77. The van der Waals surface area contributed by atoms with Gasteiger partial charge in [0.2, 0.25) is 5.95 Å². The van der Waals surface area contributed by atoms with Gasteiger partial charge in [0.1, 0.15) is 11.6 Å². The molecule has 0 aliphatic heterocycles. The van der Waals surface area contributed by atoms with Crippen LogP contribution in [-0.2, 0) is 6.54 Å². The quantitative estimate of drug-likeness (QED) is 0.391. The van der Waals surface area contributed by atoms with Crippen LogP contribution in [0.2, 0.25) is 0 Å². The van der Waals surface area contributed by atoms with Gasteiger partial charge in [-0.05, 0) is 72.4 Å². The van der Waals surface area contributed by atoms with E-state index in [2.05, 4.69) is 58.0 Å². The van der Waals surface area contributed by atoms with Crippen molar-refractivity contribution in [2.75, 3.05) is 31.4 Å². The molecule has 2 N–H and O–H groups in total. The van der Waals surface area contributed by atoms with Crippen LogP contribution >= 0.6 is 0 Å². The van der Waals surface area contributed by atoms with Crippen molar-refractivity contribution in [3.63, 3.8) is 0 Å². The van der Waals surface area contributed by atoms with E-state index in [-0.39, 0.29) is 0 Å². The van der Waals surface area contributed by atoms with Crippen LogP contribution in [0.5, 0.6) is 5.75 Å². The molecule has 3 aromatic carbocycles. The number of hydrogen-bond acceptors (Lipinski definition) is 6. The zero-order valence-electron chi connectivity index (χ0n) is 20.2. The average molecular weight is 456 g/mol. The molecule has 176 valence electrons. The zero-order chi connectivity index (χ0) is 23.5. The highest BCUT2D eigenvalue weighted by molar-refractivity contribution is 5.90. The molecular formula is C28H33N5O. The first-order chi connectivity index (χ1) is 16.6. The lowest BCUT2D eigenvalue weighted by molar-refractivity contribution is 0.352. The highest BCUT2D eigenvalue weighted by Gasteiger charge is 2.22. The fourth-order valence-electron chi connectivity index (χ4n) is 4.86. The molecule has 1 aliphatic carbocycles. The Morgan fingerprint density at radius 3 is 2.41 bits per heavy atom. The standard InChI is InChI=1S/C28H33N5O/c1-33(2)27-25-6-4-5-7-26(25)31-28(32-27)30-23-13-11-22(12-14-23)29-18-19-8-9-21-17-24(34-3)15-10-20(21)16-19/h4-10,15-17,22-23,29H,11-14,18H2,1-3H3,(H,30,31,32)/t22-,23+. The fourth-order valence-corrected chi connectivity index (χ4v) is 4.86. The van der Waals surface area contributed by atoms with Crippen LogP contribution in [0.25, 0.3) is 21.7 Å². The monoisotopic (exact) mass is 455 g/mol. The molecule has 0 saturated heterocycles. The maximum Gasteiger partial charge on any atom is 0.225 e. The first-order valence-corrected chi connectivity index (χ1v) is 12.1. The van der Waals surface area contributed by atoms with Crippen molar-refractivity contribution >= 4 is 33.4 Å². The van der Waals surface area contributed by atoms with Crippen LogP contribution in [0.1, 0.15) is 31.2 Å². The summed E-state index contributed by atoms with van der Waals surface area (Å²) in [6, 6.07) is 22.1. The van der Waals surface area contributed by atoms with Crippen molar-refractivity contribution < 1.29 is 4.74 Å². The number of para-hydroxylation sites is 1. The lowest BCUT2D eigenvalue weighted by atomic mass is 9.91. The molecule has 0 amide bonds. The largest absolute Gasteiger partial charge is 0.497 e. The van der Waals surface area contributed by atoms with E-state index in [1.165, 1.54) is 16.3 Å². The maximum absolute atomic E-state index is 5.33. The van der Waals surface area contributed by atoms with Gasteiger partial charge in [-0.15, -0.1) is 0 Å². The average Bonchev–Trinajstić information content (AvgIpc) is 2.87. The summed E-state index contributed by atoms with van der Waals surface area (Å²) in [5.41, 5.74) is 2.30. The van der Waals surface area contributed by atoms with E-state index in [0.717, 1.165) is 60.6 Å². The van der Waals surface area contributed by atoms with Gasteiger partial charge in [-0.1, -0.05) is 30.3 Å². The summed E-state index contributed by atoms with van der Waals surface area (Å²) in [6.07, 6.45) is 4.53. The number of hydrogen-bond donors (Lipinski definition) is 2. The number of ether oxygens (including phenoxy) is 1. The molecule has 1 aliphatic rings. The van der Waals surface area contributed by atoms with Crippen LogP contribution in [0, 0.1) is 0 Å². The summed E-state index contributed by atoms with van der Waals surface area (Å²) in [6.45, 7) is 0.894. The van der Waals surface area contributed by atoms with Crippen molar-refractivity contribution in [1.29, 1.82) is 0 Å². The predicted octanol–water partition coefficient (Wildman–Crippen LogP) is 5.37. The van der Waals surface area contributed by atoms with Gasteiger partial charge in [-0.3, -0.25) is 0 Å². The number of benzene rings is 3. The molecule has 5 rings (SSSR count). The molecular weight excluding hydrogens is 422 g/mol. The normalized spacial score (nSPS) is 18.2. The molecule has 34 heavy (non-hydrogen) atoms. The van der Waals surface area contributed by atoms with Gasteiger partial charge in [0.05, 0.1) is 12.6 Å². The third-order valence-electron chi connectivity index (χ3n) is 6.77. The Morgan fingerprint density at radius 1 is 0.882 bits per heavy atom. The molecule has 0 atom stereocenters. The van der Waals surface area contributed by atoms with E-state index in [0.29, 0.717) is 12.1 Å². The number of methoxy groups -OCH3 is 1. The second kappa shape index (κ2) is 9.85. The zero-order valence-corrected chi connectivity index (χ0v) is 20.2. The maximum atomic E-state index is 5.33. The summed E-state index contributed by atoms with van der Waals surface area (Å²) < 4.78 is 5.33. The second-order valence-corrected chi connectivity index (χ2v) is 9.40. The molecule has 4 aromatic rings. The SMILES string of the molecule is COc1ccc2cc(CN[C@H]3CC[C@@H](Nc4nc(N(C)C)c5ccccc5n4)CC3)ccc2c1. The predicted molar refractivity (Wildman–Crippen MR) is 141 cm³/mol. The van der Waals surface area contributed by atoms with E-state index in [1.54, 1.807) is 7.11 Å². The second-order valence-electron chi connectivity index (χ2n) is 9.40. The minimum absolute atomic E-state index is 0.407. The van der Waals surface area contributed by atoms with E-state index in [9.17, 15) is 0 Å². The molecule has 1 saturated carbocycles. The smallest absolute Gasteiger partial charge is 0.225 e. The lowest BCUT2D eigenvalue weighted by Gasteiger charge is -2.30. The Morgan fingerprint density at radius 2 is 1.62 bits per heavy atom. The van der Waals surface area contributed by atoms with Crippen LogP contribution in [-0.4, -0.2) is 43.3 Å². The molecule has 6 heteroatoms. The molecule has 6 nitrogen and oxygen atoms in total. The Balaban J connectivity index is 1.17. The van der Waals surface area contributed by atoms with Gasteiger partial charge in [0, 0.05) is 38.1 Å². The third kappa shape index (κ3) is 4.92. The number of rotatable bonds is 7. The number of aromatic nitrogens is 2. The van der Waals surface area contributed by atoms with Gasteiger partial charge in [0.15, 0.2) is 0 Å². The van der Waals surface area contributed by atoms with Gasteiger partial charge >= 0.3 is 0 Å². The molecule has 0 radical (unpaired) electrons. The van der Waals surface area contributed by atoms with Crippen molar-refractivity contribution in [2.24, 2.45) is 0 Å². The first kappa shape index (κ1) is 22.4. The number of nitrogens with one attached hydrogen (secondary N) is 2. The van der Waals surface area contributed by atoms with Crippen molar-refractivity contribution in [3.05, 3.63) is 66.2 Å². The van der Waals surface area contributed by atoms with Gasteiger partial charge in [-0.25, -0.2) is 4.98 Å². The Kier molecular flexibility index (Phi) is 6.50. The molecule has 0 bridgehead atoms. The Labute approximate surface area is 201 Å². The summed E-state index contributed by atoms with van der Waals surface area (Å²) in [5, 5.41) is 10.9. The molecule has 1 fully saturated rings. The number of anilines is 2. The highest BCUT2D eigenvalue weighted by Crippen LogP contribution is 2.27. The molecule has 0 spiro atoms. The minimum atomic E-state index is 0.407. The molecule has 1 aromatic heterocycles. The van der Waals surface area contributed by atoms with E-state index < -0.39 is 0 Å². The summed E-state index contributed by atoms with van der Waals surface area (Å²) in [5.74, 6) is 2.58.